The van der Waals surface area contributed by atoms with Gasteiger partial charge in [0.05, 0.1) is 20.3 Å². The second kappa shape index (κ2) is 13.9. The highest BCUT2D eigenvalue weighted by molar-refractivity contribution is 5.93. The van der Waals surface area contributed by atoms with E-state index >= 15 is 0 Å². The molecule has 0 unspecified atom stereocenters. The van der Waals surface area contributed by atoms with Crippen LogP contribution < -0.4 is 27.2 Å². The van der Waals surface area contributed by atoms with Crippen molar-refractivity contribution in [2.75, 3.05) is 33.4 Å². The molecule has 0 radical (unpaired) electrons. The summed E-state index contributed by atoms with van der Waals surface area (Å²) in [6.45, 7) is 7.06. The Morgan fingerprint density at radius 2 is 1.83 bits per heavy atom. The fourth-order valence-electron chi connectivity index (χ4n) is 2.11. The number of esters is 1. The average molecular weight is 360 g/mol. The topological polar surface area (TPSA) is 61.4 Å². The SMILES string of the molecule is CCCC[NH2+]CCOC(=O)c1cccc(OC)c1OCCCC.[Cl-]. The largest absolute Gasteiger partial charge is 1.00 e. The number of halogens is 1. The molecule has 0 atom stereocenters. The van der Waals surface area contributed by atoms with Crippen molar-refractivity contribution in [1.82, 2.24) is 0 Å². The van der Waals surface area contributed by atoms with Crippen LogP contribution in [0.4, 0.5) is 0 Å². The summed E-state index contributed by atoms with van der Waals surface area (Å²) in [6, 6.07) is 5.28. The van der Waals surface area contributed by atoms with Crippen molar-refractivity contribution in [1.29, 1.82) is 0 Å². The van der Waals surface area contributed by atoms with E-state index in [1.165, 1.54) is 12.8 Å². The van der Waals surface area contributed by atoms with Gasteiger partial charge in [-0.25, -0.2) is 4.79 Å². The van der Waals surface area contributed by atoms with Crippen LogP contribution in [0.3, 0.4) is 0 Å². The van der Waals surface area contributed by atoms with E-state index in [1.807, 2.05) is 0 Å². The van der Waals surface area contributed by atoms with Crippen molar-refractivity contribution in [2.24, 2.45) is 0 Å². The molecule has 0 aromatic heterocycles. The molecule has 0 aliphatic rings. The lowest BCUT2D eigenvalue weighted by Gasteiger charge is -2.14. The molecular weight excluding hydrogens is 330 g/mol. The average Bonchev–Trinajstić information content (AvgIpc) is 2.58. The molecule has 0 spiro atoms. The summed E-state index contributed by atoms with van der Waals surface area (Å²) < 4.78 is 16.4. The number of carbonyl (C=O) groups excluding carboxylic acids is 1. The highest BCUT2D eigenvalue weighted by Crippen LogP contribution is 2.31. The van der Waals surface area contributed by atoms with Gasteiger partial charge in [-0.1, -0.05) is 32.8 Å². The maximum absolute atomic E-state index is 12.3. The lowest BCUT2D eigenvalue weighted by Crippen LogP contribution is -3.00. The van der Waals surface area contributed by atoms with E-state index in [1.54, 1.807) is 25.3 Å². The van der Waals surface area contributed by atoms with Crippen LogP contribution in [0, 0.1) is 0 Å². The van der Waals surface area contributed by atoms with Crippen molar-refractivity contribution in [2.45, 2.75) is 39.5 Å². The van der Waals surface area contributed by atoms with E-state index in [0.717, 1.165) is 25.9 Å². The first-order chi connectivity index (χ1) is 11.2. The van der Waals surface area contributed by atoms with Crippen molar-refractivity contribution in [3.05, 3.63) is 23.8 Å². The lowest BCUT2D eigenvalue weighted by atomic mass is 10.2. The van der Waals surface area contributed by atoms with Crippen LogP contribution in [0.15, 0.2) is 18.2 Å². The van der Waals surface area contributed by atoms with Gasteiger partial charge in [-0.2, -0.15) is 0 Å². The number of hydrogen-bond donors (Lipinski definition) is 1. The third-order valence-corrected chi connectivity index (χ3v) is 3.48. The number of unbranched alkanes of at least 4 members (excludes halogenated alkanes) is 2. The van der Waals surface area contributed by atoms with E-state index in [2.05, 4.69) is 19.2 Å². The summed E-state index contributed by atoms with van der Waals surface area (Å²) in [5.41, 5.74) is 0.425. The molecule has 0 heterocycles. The van der Waals surface area contributed by atoms with E-state index in [4.69, 9.17) is 14.2 Å². The molecule has 0 amide bonds. The monoisotopic (exact) mass is 359 g/mol. The minimum Gasteiger partial charge on any atom is -1.00 e. The zero-order valence-corrected chi connectivity index (χ0v) is 15.7. The summed E-state index contributed by atoms with van der Waals surface area (Å²) in [7, 11) is 1.57. The predicted octanol–water partition coefficient (Wildman–Crippen LogP) is -0.602. The Labute approximate surface area is 151 Å². The molecule has 2 N–H and O–H groups in total. The van der Waals surface area contributed by atoms with Gasteiger partial charge in [0.25, 0.3) is 0 Å². The molecule has 24 heavy (non-hydrogen) atoms. The lowest BCUT2D eigenvalue weighted by molar-refractivity contribution is -0.655. The second-order valence-corrected chi connectivity index (χ2v) is 5.39. The van der Waals surface area contributed by atoms with E-state index < -0.39 is 0 Å². The zero-order chi connectivity index (χ0) is 16.9. The Morgan fingerprint density at radius 3 is 2.50 bits per heavy atom. The number of para-hydroxylation sites is 1. The van der Waals surface area contributed by atoms with Crippen LogP contribution in [0.25, 0.3) is 0 Å². The summed E-state index contributed by atoms with van der Waals surface area (Å²) in [6.07, 6.45) is 4.32. The van der Waals surface area contributed by atoms with Gasteiger partial charge >= 0.3 is 5.97 Å². The van der Waals surface area contributed by atoms with Crippen LogP contribution >= 0.6 is 0 Å². The molecule has 0 saturated carbocycles. The fourth-order valence-corrected chi connectivity index (χ4v) is 2.11. The predicted molar refractivity (Wildman–Crippen MR) is 90.2 cm³/mol. The van der Waals surface area contributed by atoms with Gasteiger partial charge in [-0.05, 0) is 25.0 Å². The molecule has 1 aromatic rings. The molecule has 0 saturated heterocycles. The highest BCUT2D eigenvalue weighted by Gasteiger charge is 2.18. The van der Waals surface area contributed by atoms with Gasteiger partial charge in [-0.3, -0.25) is 0 Å². The van der Waals surface area contributed by atoms with Crippen LogP contribution in [-0.2, 0) is 4.74 Å². The van der Waals surface area contributed by atoms with Gasteiger partial charge in [-0.15, -0.1) is 0 Å². The molecular formula is C18H30ClNO4. The Balaban J connectivity index is 0.00000529. The Hall–Kier alpha value is -1.46. The summed E-state index contributed by atoms with van der Waals surface area (Å²) in [5, 5.41) is 2.17. The van der Waals surface area contributed by atoms with Gasteiger partial charge in [0.1, 0.15) is 18.7 Å². The number of benzene rings is 1. The zero-order valence-electron chi connectivity index (χ0n) is 15.0. The molecule has 5 nitrogen and oxygen atoms in total. The van der Waals surface area contributed by atoms with Gasteiger partial charge in [0.2, 0.25) is 0 Å². The fraction of sp³-hybridized carbons (Fsp3) is 0.611. The number of ether oxygens (including phenoxy) is 3. The van der Waals surface area contributed by atoms with Crippen LogP contribution in [0.1, 0.15) is 49.9 Å². The Bertz CT molecular complexity index is 468. The number of rotatable bonds is 12. The van der Waals surface area contributed by atoms with Crippen molar-refractivity contribution in [3.8, 4) is 11.5 Å². The summed E-state index contributed by atoms with van der Waals surface area (Å²) in [5.74, 6) is 0.674. The molecule has 1 rings (SSSR count). The summed E-state index contributed by atoms with van der Waals surface area (Å²) in [4.78, 5) is 12.3. The molecule has 0 fully saturated rings. The van der Waals surface area contributed by atoms with Crippen LogP contribution in [-0.4, -0.2) is 39.4 Å². The molecule has 0 aliphatic heterocycles. The van der Waals surface area contributed by atoms with Crippen molar-refractivity contribution >= 4 is 5.97 Å². The number of carbonyl (C=O) groups is 1. The molecule has 138 valence electrons. The minimum absolute atomic E-state index is 0. The molecule has 0 bridgehead atoms. The summed E-state index contributed by atoms with van der Waals surface area (Å²) >= 11 is 0. The van der Waals surface area contributed by atoms with Crippen molar-refractivity contribution in [3.63, 3.8) is 0 Å². The van der Waals surface area contributed by atoms with Gasteiger partial charge < -0.3 is 31.9 Å². The minimum atomic E-state index is -0.362. The first kappa shape index (κ1) is 22.5. The maximum Gasteiger partial charge on any atom is 0.342 e. The third-order valence-electron chi connectivity index (χ3n) is 3.48. The number of methoxy groups -OCH3 is 1. The molecule has 0 aliphatic carbocycles. The van der Waals surface area contributed by atoms with E-state index in [-0.39, 0.29) is 18.4 Å². The normalized spacial score (nSPS) is 9.96. The van der Waals surface area contributed by atoms with E-state index in [9.17, 15) is 4.79 Å². The Morgan fingerprint density at radius 1 is 1.08 bits per heavy atom. The third kappa shape index (κ3) is 7.88. The first-order valence-corrected chi connectivity index (χ1v) is 8.53. The van der Waals surface area contributed by atoms with Crippen LogP contribution in [0.5, 0.6) is 11.5 Å². The highest BCUT2D eigenvalue weighted by atomic mass is 35.5. The first-order valence-electron chi connectivity index (χ1n) is 8.53. The number of quaternary nitrogens is 1. The maximum atomic E-state index is 12.3. The quantitative estimate of drug-likeness (QED) is 0.400. The number of hydrogen-bond acceptors (Lipinski definition) is 4. The molecule has 6 heteroatoms. The smallest absolute Gasteiger partial charge is 0.342 e. The van der Waals surface area contributed by atoms with Crippen LogP contribution in [0.2, 0.25) is 0 Å². The molecule has 1 aromatic carbocycles. The van der Waals surface area contributed by atoms with Gasteiger partial charge in [0.15, 0.2) is 11.5 Å². The van der Waals surface area contributed by atoms with Gasteiger partial charge in [0, 0.05) is 0 Å². The van der Waals surface area contributed by atoms with E-state index in [0.29, 0.717) is 30.3 Å². The number of nitrogens with two attached hydrogens (primary N) is 1. The van der Waals surface area contributed by atoms with Crippen molar-refractivity contribution < 1.29 is 36.7 Å². The second-order valence-electron chi connectivity index (χ2n) is 5.39. The standard InChI is InChI=1S/C18H29NO4.ClH/c1-4-6-11-19-12-14-23-18(20)15-9-8-10-16(21-3)17(15)22-13-7-5-2;/h8-10,19H,4-7,11-14H2,1-3H3;1H. The Kier molecular flexibility index (Phi) is 13.1.